The topological polar surface area (TPSA) is 58.1 Å². The molecule has 0 spiro atoms. The Hall–Kier alpha value is -1.79. The summed E-state index contributed by atoms with van der Waals surface area (Å²) < 4.78 is 0. The van der Waals surface area contributed by atoms with Gasteiger partial charge in [-0.3, -0.25) is 9.78 Å². The van der Waals surface area contributed by atoms with Crippen LogP contribution in [-0.2, 0) is 11.2 Å². The summed E-state index contributed by atoms with van der Waals surface area (Å²) in [5.41, 5.74) is 1.67. The van der Waals surface area contributed by atoms with Gasteiger partial charge in [-0.15, -0.1) is 11.3 Å². The Kier molecular flexibility index (Phi) is 5.58. The fourth-order valence-electron chi connectivity index (χ4n) is 3.00. The van der Waals surface area contributed by atoms with E-state index in [0.717, 1.165) is 42.3 Å². The highest BCUT2D eigenvalue weighted by molar-refractivity contribution is 7.13. The molecule has 1 amide bonds. The summed E-state index contributed by atoms with van der Waals surface area (Å²) in [6.45, 7) is 6.56. The minimum atomic E-state index is 0.0656. The number of aromatic nitrogens is 2. The predicted octanol–water partition coefficient (Wildman–Crippen LogP) is 2.74. The van der Waals surface area contributed by atoms with Crippen molar-refractivity contribution in [2.75, 3.05) is 13.1 Å². The van der Waals surface area contributed by atoms with Crippen LogP contribution in [0.15, 0.2) is 29.8 Å². The standard InChI is InChI=1S/C18H24N4OS/c1-13(2)22-9-6-14(7-10-22)20-17(23)11-15-12-24-18(21-15)16-5-3-4-8-19-16/h3-5,8,12-14H,6-7,9-11H2,1-2H3,(H,20,23). The van der Waals surface area contributed by atoms with Crippen LogP contribution in [0.1, 0.15) is 32.4 Å². The molecule has 2 aromatic rings. The molecule has 0 unspecified atom stereocenters. The summed E-state index contributed by atoms with van der Waals surface area (Å²) in [5.74, 6) is 0.0656. The lowest BCUT2D eigenvalue weighted by atomic mass is 10.0. The zero-order valence-electron chi connectivity index (χ0n) is 14.2. The van der Waals surface area contributed by atoms with E-state index in [9.17, 15) is 4.79 Å². The van der Waals surface area contributed by atoms with Gasteiger partial charge < -0.3 is 10.2 Å². The Morgan fingerprint density at radius 3 is 2.83 bits per heavy atom. The number of hydrogen-bond donors (Lipinski definition) is 1. The lowest BCUT2D eigenvalue weighted by molar-refractivity contribution is -0.121. The van der Waals surface area contributed by atoms with Crippen molar-refractivity contribution in [3.63, 3.8) is 0 Å². The zero-order chi connectivity index (χ0) is 16.9. The predicted molar refractivity (Wildman–Crippen MR) is 96.9 cm³/mol. The first kappa shape index (κ1) is 17.0. The Balaban J connectivity index is 1.50. The van der Waals surface area contributed by atoms with Gasteiger partial charge in [0.2, 0.25) is 5.91 Å². The summed E-state index contributed by atoms with van der Waals surface area (Å²) in [6.07, 6.45) is 4.15. The lowest BCUT2D eigenvalue weighted by Gasteiger charge is -2.34. The van der Waals surface area contributed by atoms with Gasteiger partial charge in [0, 0.05) is 36.8 Å². The molecule has 24 heavy (non-hydrogen) atoms. The maximum atomic E-state index is 12.3. The maximum Gasteiger partial charge on any atom is 0.226 e. The largest absolute Gasteiger partial charge is 0.353 e. The molecule has 1 N–H and O–H groups in total. The molecule has 2 aromatic heterocycles. The highest BCUT2D eigenvalue weighted by Crippen LogP contribution is 2.21. The number of carbonyl (C=O) groups excluding carboxylic acids is 1. The van der Waals surface area contributed by atoms with E-state index in [1.165, 1.54) is 11.3 Å². The van der Waals surface area contributed by atoms with Crippen molar-refractivity contribution < 1.29 is 4.79 Å². The molecule has 3 heterocycles. The smallest absolute Gasteiger partial charge is 0.226 e. The first-order valence-corrected chi connectivity index (χ1v) is 9.39. The third-order valence-electron chi connectivity index (χ3n) is 4.40. The summed E-state index contributed by atoms with van der Waals surface area (Å²) in [7, 11) is 0. The number of piperidine rings is 1. The van der Waals surface area contributed by atoms with Crippen molar-refractivity contribution in [1.29, 1.82) is 0 Å². The molecule has 1 aliphatic rings. The number of hydrogen-bond acceptors (Lipinski definition) is 5. The number of rotatable bonds is 5. The van der Waals surface area contributed by atoms with Crippen molar-refractivity contribution in [1.82, 2.24) is 20.2 Å². The second-order valence-electron chi connectivity index (χ2n) is 6.51. The van der Waals surface area contributed by atoms with Gasteiger partial charge >= 0.3 is 0 Å². The fraction of sp³-hybridized carbons (Fsp3) is 0.500. The quantitative estimate of drug-likeness (QED) is 0.906. The van der Waals surface area contributed by atoms with E-state index in [4.69, 9.17) is 0 Å². The van der Waals surface area contributed by atoms with Crippen LogP contribution in [0.4, 0.5) is 0 Å². The molecule has 0 aliphatic carbocycles. The van der Waals surface area contributed by atoms with Crippen LogP contribution in [0, 0.1) is 0 Å². The normalized spacial score (nSPS) is 16.5. The molecule has 128 valence electrons. The molecule has 1 saturated heterocycles. The van der Waals surface area contributed by atoms with Gasteiger partial charge in [0.1, 0.15) is 5.01 Å². The van der Waals surface area contributed by atoms with Crippen LogP contribution in [-0.4, -0.2) is 45.9 Å². The first-order valence-electron chi connectivity index (χ1n) is 8.51. The van der Waals surface area contributed by atoms with Gasteiger partial charge in [-0.1, -0.05) is 6.07 Å². The van der Waals surface area contributed by atoms with Gasteiger partial charge in [-0.2, -0.15) is 0 Å². The highest BCUT2D eigenvalue weighted by atomic mass is 32.1. The van der Waals surface area contributed by atoms with Gasteiger partial charge in [0.15, 0.2) is 0 Å². The van der Waals surface area contributed by atoms with E-state index in [-0.39, 0.29) is 5.91 Å². The highest BCUT2D eigenvalue weighted by Gasteiger charge is 2.22. The number of nitrogens with one attached hydrogen (secondary N) is 1. The molecule has 0 radical (unpaired) electrons. The second-order valence-corrected chi connectivity index (χ2v) is 7.37. The molecule has 0 saturated carbocycles. The van der Waals surface area contributed by atoms with Crippen LogP contribution in [0.3, 0.4) is 0 Å². The molecule has 1 aliphatic heterocycles. The van der Waals surface area contributed by atoms with Crippen LogP contribution in [0.5, 0.6) is 0 Å². The molecule has 3 rings (SSSR count). The van der Waals surface area contributed by atoms with E-state index in [1.54, 1.807) is 6.20 Å². The van der Waals surface area contributed by atoms with E-state index in [2.05, 4.69) is 34.0 Å². The Labute approximate surface area is 147 Å². The Bertz CT molecular complexity index is 663. The van der Waals surface area contributed by atoms with E-state index in [0.29, 0.717) is 18.5 Å². The third-order valence-corrected chi connectivity index (χ3v) is 5.32. The average molecular weight is 344 g/mol. The van der Waals surface area contributed by atoms with E-state index >= 15 is 0 Å². The number of amides is 1. The fourth-order valence-corrected chi connectivity index (χ4v) is 3.79. The monoisotopic (exact) mass is 344 g/mol. The summed E-state index contributed by atoms with van der Waals surface area (Å²) in [6, 6.07) is 6.64. The molecular weight excluding hydrogens is 320 g/mol. The SMILES string of the molecule is CC(C)N1CCC(NC(=O)Cc2csc(-c3ccccn3)n2)CC1. The average Bonchev–Trinajstić information content (AvgIpc) is 3.04. The second kappa shape index (κ2) is 7.85. The summed E-state index contributed by atoms with van der Waals surface area (Å²) >= 11 is 1.53. The number of likely N-dealkylation sites (tertiary alicyclic amines) is 1. The first-order chi connectivity index (χ1) is 11.6. The number of carbonyl (C=O) groups is 1. The van der Waals surface area contributed by atoms with Crippen LogP contribution in [0.25, 0.3) is 10.7 Å². The molecule has 5 nitrogen and oxygen atoms in total. The minimum absolute atomic E-state index is 0.0656. The van der Waals surface area contributed by atoms with Crippen molar-refractivity contribution in [3.05, 3.63) is 35.5 Å². The number of thiazole rings is 1. The van der Waals surface area contributed by atoms with Gasteiger partial charge in [-0.25, -0.2) is 4.98 Å². The van der Waals surface area contributed by atoms with Gasteiger partial charge in [0.05, 0.1) is 17.8 Å². The zero-order valence-corrected chi connectivity index (χ0v) is 15.1. The molecular formula is C18H24N4OS. The third kappa shape index (κ3) is 4.39. The summed E-state index contributed by atoms with van der Waals surface area (Å²) in [5, 5.41) is 5.97. The van der Waals surface area contributed by atoms with Crippen molar-refractivity contribution in [2.24, 2.45) is 0 Å². The van der Waals surface area contributed by atoms with Crippen LogP contribution in [0.2, 0.25) is 0 Å². The van der Waals surface area contributed by atoms with Crippen molar-refractivity contribution >= 4 is 17.2 Å². The Morgan fingerprint density at radius 1 is 1.38 bits per heavy atom. The number of pyridine rings is 1. The van der Waals surface area contributed by atoms with E-state index in [1.807, 2.05) is 23.6 Å². The van der Waals surface area contributed by atoms with E-state index < -0.39 is 0 Å². The van der Waals surface area contributed by atoms with Gasteiger partial charge in [-0.05, 0) is 38.8 Å². The molecule has 1 fully saturated rings. The van der Waals surface area contributed by atoms with Crippen LogP contribution < -0.4 is 5.32 Å². The molecule has 6 heteroatoms. The maximum absolute atomic E-state index is 12.3. The molecule has 0 bridgehead atoms. The minimum Gasteiger partial charge on any atom is -0.353 e. The van der Waals surface area contributed by atoms with Crippen molar-refractivity contribution in [2.45, 2.75) is 45.2 Å². The Morgan fingerprint density at radius 2 is 2.17 bits per heavy atom. The molecule has 0 atom stereocenters. The van der Waals surface area contributed by atoms with Gasteiger partial charge in [0.25, 0.3) is 0 Å². The lowest BCUT2D eigenvalue weighted by Crippen LogP contribution is -2.46. The molecule has 0 aromatic carbocycles. The van der Waals surface area contributed by atoms with Crippen LogP contribution >= 0.6 is 11.3 Å². The summed E-state index contributed by atoms with van der Waals surface area (Å²) in [4.78, 5) is 23.6. The number of nitrogens with zero attached hydrogens (tertiary/aromatic N) is 3. The van der Waals surface area contributed by atoms with Crippen molar-refractivity contribution in [3.8, 4) is 10.7 Å².